The predicted octanol–water partition coefficient (Wildman–Crippen LogP) is 7.66. The van der Waals surface area contributed by atoms with E-state index in [1.165, 1.54) is 31.2 Å². The van der Waals surface area contributed by atoms with E-state index in [0.29, 0.717) is 24.2 Å². The minimum absolute atomic E-state index is 0.121. The van der Waals surface area contributed by atoms with Gasteiger partial charge < -0.3 is 16.2 Å². The van der Waals surface area contributed by atoms with Gasteiger partial charge in [-0.1, -0.05) is 102 Å². The summed E-state index contributed by atoms with van der Waals surface area (Å²) in [5.41, 5.74) is 16.3. The van der Waals surface area contributed by atoms with Crippen LogP contribution in [0, 0.1) is 0 Å². The Morgan fingerprint density at radius 3 is 1.86 bits per heavy atom. The van der Waals surface area contributed by atoms with Crippen LogP contribution in [0.4, 0.5) is 0 Å². The number of aromatic nitrogens is 2. The lowest BCUT2D eigenvalue weighted by atomic mass is 9.87. The number of benzene rings is 3. The van der Waals surface area contributed by atoms with Crippen LogP contribution in [-0.2, 0) is 16.6 Å². The molecule has 1 aromatic heterocycles. The monoisotopic (exact) mass is 594 g/mol. The second kappa shape index (κ2) is 16.9. The summed E-state index contributed by atoms with van der Waals surface area (Å²) in [7, 11) is 0. The quantitative estimate of drug-likeness (QED) is 0.154. The average molecular weight is 595 g/mol. The van der Waals surface area contributed by atoms with Crippen LogP contribution in [0.5, 0.6) is 5.75 Å². The third-order valence-electron chi connectivity index (χ3n) is 7.26. The number of carbonyl (C=O) groups is 2. The molecule has 0 unspecified atom stereocenters. The van der Waals surface area contributed by atoms with Gasteiger partial charge in [0.25, 0.3) is 0 Å². The molecule has 0 aliphatic rings. The van der Waals surface area contributed by atoms with Crippen molar-refractivity contribution < 1.29 is 14.3 Å². The Hall–Kier alpha value is -4.52. The Kier molecular flexibility index (Phi) is 13.1. The van der Waals surface area contributed by atoms with Crippen molar-refractivity contribution in [3.05, 3.63) is 102 Å². The van der Waals surface area contributed by atoms with Gasteiger partial charge in [0.2, 0.25) is 11.8 Å². The van der Waals surface area contributed by atoms with Gasteiger partial charge in [0.15, 0.2) is 5.82 Å². The maximum absolute atomic E-state index is 10.9. The molecule has 7 heteroatoms. The third-order valence-corrected chi connectivity index (χ3v) is 7.26. The summed E-state index contributed by atoms with van der Waals surface area (Å²) < 4.78 is 5.84. The second-order valence-electron chi connectivity index (χ2n) is 11.9. The average Bonchev–Trinajstić information content (AvgIpc) is 3.02. The Labute approximate surface area is 262 Å². The van der Waals surface area contributed by atoms with Gasteiger partial charge in [-0.2, -0.15) is 0 Å². The van der Waals surface area contributed by atoms with E-state index in [0.717, 1.165) is 41.0 Å². The summed E-state index contributed by atoms with van der Waals surface area (Å²) in [6, 6.07) is 23.4. The molecular weight excluding hydrogens is 548 g/mol. The number of amides is 2. The summed E-state index contributed by atoms with van der Waals surface area (Å²) in [4.78, 5) is 30.7. The van der Waals surface area contributed by atoms with E-state index < -0.39 is 0 Å². The molecule has 0 fully saturated rings. The molecule has 2 amide bonds. The zero-order valence-corrected chi connectivity index (χ0v) is 26.5. The van der Waals surface area contributed by atoms with Crippen molar-refractivity contribution in [3.8, 4) is 28.3 Å². The third kappa shape index (κ3) is 11.3. The maximum atomic E-state index is 10.9. The van der Waals surface area contributed by atoms with Crippen molar-refractivity contribution in [3.63, 3.8) is 0 Å². The standard InChI is InChI=1S/C26H31N3O2.C11H15NO/c1-2-3-4-5-6-17-31-24-14-12-21(13-15-24)23-18-28-26(29-19-23)22-10-7-20(8-11-22)9-16-25(27)30;1-11(2,3)9-6-4-8(5-7-9)10(12)13/h7-8,10-15,18-19H,2-6,9,16-17H2,1H3,(H2,27,30);4-7H,1-3H3,(H2,12,13). The number of nitrogens with zero attached hydrogens (tertiary/aromatic N) is 2. The molecule has 0 aliphatic carbocycles. The van der Waals surface area contributed by atoms with Crippen molar-refractivity contribution >= 4 is 11.8 Å². The zero-order chi connectivity index (χ0) is 32.0. The van der Waals surface area contributed by atoms with Crippen LogP contribution in [0.15, 0.2) is 85.2 Å². The number of ether oxygens (including phenoxy) is 1. The van der Waals surface area contributed by atoms with Gasteiger partial charge in [0.05, 0.1) is 6.61 Å². The molecular formula is C37H46N4O3. The molecule has 232 valence electrons. The number of carbonyl (C=O) groups excluding carboxylic acids is 2. The van der Waals surface area contributed by atoms with Gasteiger partial charge in [0, 0.05) is 35.5 Å². The number of nitrogens with two attached hydrogens (primary N) is 2. The number of rotatable bonds is 13. The fraction of sp³-hybridized carbons (Fsp3) is 0.351. The molecule has 0 saturated carbocycles. The summed E-state index contributed by atoms with van der Waals surface area (Å²) in [5.74, 6) is 0.909. The van der Waals surface area contributed by atoms with Crippen LogP contribution in [0.25, 0.3) is 22.5 Å². The first-order chi connectivity index (χ1) is 21.1. The highest BCUT2D eigenvalue weighted by atomic mass is 16.5. The molecule has 0 aliphatic heterocycles. The summed E-state index contributed by atoms with van der Waals surface area (Å²) >= 11 is 0. The Morgan fingerprint density at radius 1 is 0.727 bits per heavy atom. The second-order valence-corrected chi connectivity index (χ2v) is 11.9. The first kappa shape index (κ1) is 34.0. The van der Waals surface area contributed by atoms with Gasteiger partial charge >= 0.3 is 0 Å². The number of hydrogen-bond acceptors (Lipinski definition) is 5. The number of hydrogen-bond donors (Lipinski definition) is 2. The summed E-state index contributed by atoms with van der Waals surface area (Å²) in [6.45, 7) is 9.39. The maximum Gasteiger partial charge on any atom is 0.248 e. The number of primary amides is 2. The van der Waals surface area contributed by atoms with Crippen LogP contribution in [-0.4, -0.2) is 28.4 Å². The van der Waals surface area contributed by atoms with Crippen LogP contribution in [0.2, 0.25) is 0 Å². The first-order valence-corrected chi connectivity index (χ1v) is 15.4. The molecule has 0 saturated heterocycles. The Morgan fingerprint density at radius 2 is 1.32 bits per heavy atom. The molecule has 1 heterocycles. The predicted molar refractivity (Wildman–Crippen MR) is 178 cm³/mol. The molecule has 0 bridgehead atoms. The smallest absolute Gasteiger partial charge is 0.248 e. The molecule has 4 rings (SSSR count). The van der Waals surface area contributed by atoms with E-state index in [1.54, 1.807) is 12.1 Å². The van der Waals surface area contributed by atoms with Crippen LogP contribution in [0.1, 0.15) is 87.7 Å². The topological polar surface area (TPSA) is 121 Å². The highest BCUT2D eigenvalue weighted by Crippen LogP contribution is 2.24. The molecule has 7 nitrogen and oxygen atoms in total. The van der Waals surface area contributed by atoms with E-state index in [1.807, 2.05) is 73.1 Å². The van der Waals surface area contributed by atoms with E-state index >= 15 is 0 Å². The van der Waals surface area contributed by atoms with Crippen molar-refractivity contribution in [2.45, 2.75) is 78.1 Å². The van der Waals surface area contributed by atoms with Crippen molar-refractivity contribution in [2.75, 3.05) is 6.61 Å². The van der Waals surface area contributed by atoms with Crippen molar-refractivity contribution in [2.24, 2.45) is 11.5 Å². The van der Waals surface area contributed by atoms with Gasteiger partial charge in [-0.25, -0.2) is 9.97 Å². The fourth-order valence-electron chi connectivity index (χ4n) is 4.49. The van der Waals surface area contributed by atoms with Crippen LogP contribution < -0.4 is 16.2 Å². The number of unbranched alkanes of at least 4 members (excludes halogenated alkanes) is 4. The SMILES string of the molecule is CC(C)(C)c1ccc(C(N)=O)cc1.CCCCCCCOc1ccc(-c2cnc(-c3ccc(CCC(N)=O)cc3)nc2)cc1. The van der Waals surface area contributed by atoms with E-state index in [4.69, 9.17) is 16.2 Å². The van der Waals surface area contributed by atoms with Crippen LogP contribution >= 0.6 is 0 Å². The molecule has 0 atom stereocenters. The minimum Gasteiger partial charge on any atom is -0.494 e. The summed E-state index contributed by atoms with van der Waals surface area (Å²) in [5, 5.41) is 0. The molecule has 0 radical (unpaired) electrons. The first-order valence-electron chi connectivity index (χ1n) is 15.4. The Bertz CT molecular complexity index is 1440. The van der Waals surface area contributed by atoms with E-state index in [9.17, 15) is 9.59 Å². The molecule has 44 heavy (non-hydrogen) atoms. The minimum atomic E-state index is -0.375. The van der Waals surface area contributed by atoms with Gasteiger partial charge in [-0.05, 0) is 59.2 Å². The van der Waals surface area contributed by atoms with E-state index in [2.05, 4.69) is 37.7 Å². The molecule has 0 spiro atoms. The van der Waals surface area contributed by atoms with Gasteiger partial charge in [-0.15, -0.1) is 0 Å². The lowest BCUT2D eigenvalue weighted by Gasteiger charge is -2.18. The number of aryl methyl sites for hydroxylation is 1. The molecule has 4 aromatic rings. The van der Waals surface area contributed by atoms with Gasteiger partial charge in [0.1, 0.15) is 5.75 Å². The largest absolute Gasteiger partial charge is 0.494 e. The highest BCUT2D eigenvalue weighted by molar-refractivity contribution is 5.92. The lowest BCUT2D eigenvalue weighted by Crippen LogP contribution is -2.13. The normalized spacial score (nSPS) is 10.9. The molecule has 3 aromatic carbocycles. The Balaban J connectivity index is 0.000000340. The zero-order valence-electron chi connectivity index (χ0n) is 26.5. The van der Waals surface area contributed by atoms with Gasteiger partial charge in [-0.3, -0.25) is 9.59 Å². The fourth-order valence-corrected chi connectivity index (χ4v) is 4.49. The summed E-state index contributed by atoms with van der Waals surface area (Å²) in [6.07, 6.45) is 10.9. The highest BCUT2D eigenvalue weighted by Gasteiger charge is 2.13. The van der Waals surface area contributed by atoms with Crippen molar-refractivity contribution in [1.82, 2.24) is 9.97 Å². The van der Waals surface area contributed by atoms with Crippen molar-refractivity contribution in [1.29, 1.82) is 0 Å². The lowest BCUT2D eigenvalue weighted by molar-refractivity contribution is -0.118. The van der Waals surface area contributed by atoms with Crippen LogP contribution in [0.3, 0.4) is 0 Å². The van der Waals surface area contributed by atoms with E-state index in [-0.39, 0.29) is 17.2 Å². The molecule has 4 N–H and O–H groups in total.